The minimum Gasteiger partial charge on any atom is -0.481 e. The van der Waals surface area contributed by atoms with E-state index in [1.165, 1.54) is 13.8 Å². The molecule has 0 spiro atoms. The van der Waals surface area contributed by atoms with Crippen LogP contribution in [-0.2, 0) is 16.0 Å². The first-order valence-corrected chi connectivity index (χ1v) is 19.4. The highest BCUT2D eigenvalue weighted by Crippen LogP contribution is 2.32. The molecule has 316 valence electrons. The van der Waals surface area contributed by atoms with E-state index < -0.39 is 30.1 Å². The molecular weight excluding hydrogens is 823 g/mol. The Bertz CT molecular complexity index is 2640. The number of H-pyrrole nitrogens is 2. The highest BCUT2D eigenvalue weighted by atomic mass is 35.5. The fourth-order valence-electron chi connectivity index (χ4n) is 6.14. The van der Waals surface area contributed by atoms with Crippen LogP contribution in [-0.4, -0.2) is 73.6 Å². The number of anilines is 1. The van der Waals surface area contributed by atoms with Crippen LogP contribution in [0.4, 0.5) is 11.4 Å². The van der Waals surface area contributed by atoms with E-state index in [-0.39, 0.29) is 35.6 Å². The second-order valence-electron chi connectivity index (χ2n) is 13.9. The molecule has 4 atom stereocenters. The zero-order valence-corrected chi connectivity index (χ0v) is 35.0. The summed E-state index contributed by atoms with van der Waals surface area (Å²) in [5, 5.41) is 45.7. The van der Waals surface area contributed by atoms with Crippen molar-refractivity contribution >= 4 is 79.9 Å². The standard InChI is InChI=1S/C22H21ClN4O3.C13H14ClNO3.C9H9N3O/c1-12-17(5-4-16(10-24)20(12)23)27-21(13(2)28)19(29)11-26-22(30)15-3-6-18-14(9-15)7-8-25-18;1-7-9(4-5-11(15-3)12(7)14)6-10(8(2)16)13(17)18;10-12-9(13)7-1-2-8-6(5-7)3-4-11-8/h3-9,13,21,25,27-28H,11H2,1-2H3,(H,26,30);4-5,8,10,16H,6H2,1-2H3,(H,17,18);1-5,11H,10H2,(H,12,13)/t13-,21+;8-,10+;/m00./s1. The number of aromatic nitrogens is 2. The van der Waals surface area contributed by atoms with Crippen LogP contribution in [0, 0.1) is 37.7 Å². The predicted molar refractivity (Wildman–Crippen MR) is 235 cm³/mol. The summed E-state index contributed by atoms with van der Waals surface area (Å²) < 4.78 is 0. The monoisotopic (exact) mass is 866 g/mol. The van der Waals surface area contributed by atoms with Crippen molar-refractivity contribution in [2.45, 2.75) is 52.4 Å². The number of aliphatic hydroxyl groups excluding tert-OH is 2. The number of fused-ring (bicyclic) bond motifs is 2. The molecule has 0 aliphatic heterocycles. The summed E-state index contributed by atoms with van der Waals surface area (Å²) in [6.45, 7) is 13.1. The molecule has 2 heterocycles. The number of hydrogen-bond donors (Lipinski definition) is 9. The zero-order chi connectivity index (χ0) is 45.0. The molecule has 0 saturated heterocycles. The maximum atomic E-state index is 12.7. The van der Waals surface area contributed by atoms with Gasteiger partial charge < -0.3 is 35.9 Å². The lowest BCUT2D eigenvalue weighted by atomic mass is 9.92. The number of Topliss-reactive ketones (excluding diaryl/α,β-unsaturated/α-hetero) is 1. The number of aliphatic hydroxyl groups is 2. The van der Waals surface area contributed by atoms with Gasteiger partial charge in [0.2, 0.25) is 5.69 Å². The van der Waals surface area contributed by atoms with Gasteiger partial charge >= 0.3 is 5.97 Å². The van der Waals surface area contributed by atoms with Crippen molar-refractivity contribution in [3.05, 3.63) is 140 Å². The molecule has 15 nitrogen and oxygen atoms in total. The van der Waals surface area contributed by atoms with Crippen molar-refractivity contribution in [2.24, 2.45) is 11.8 Å². The molecule has 0 radical (unpaired) electrons. The van der Waals surface area contributed by atoms with E-state index in [1.54, 1.807) is 74.6 Å². The fourth-order valence-corrected chi connectivity index (χ4v) is 6.57. The Morgan fingerprint density at radius 1 is 0.836 bits per heavy atom. The maximum absolute atomic E-state index is 12.7. The Labute approximate surface area is 361 Å². The molecule has 2 amide bonds. The quantitative estimate of drug-likeness (QED) is 0.0271. The Morgan fingerprint density at radius 3 is 1.93 bits per heavy atom. The molecule has 0 fully saturated rings. The number of hydrogen-bond acceptors (Lipinski definition) is 9. The van der Waals surface area contributed by atoms with Gasteiger partial charge in [-0.2, -0.15) is 5.26 Å². The summed E-state index contributed by atoms with van der Waals surface area (Å²) in [5.74, 6) is 2.05. The number of carbonyl (C=O) groups is 4. The summed E-state index contributed by atoms with van der Waals surface area (Å²) in [6.07, 6.45) is 1.85. The van der Waals surface area contributed by atoms with Crippen molar-refractivity contribution in [3.63, 3.8) is 0 Å². The van der Waals surface area contributed by atoms with Crippen LogP contribution in [0.1, 0.15) is 56.8 Å². The molecule has 61 heavy (non-hydrogen) atoms. The molecular formula is C44H44Cl2N8O7. The molecule has 2 aromatic heterocycles. The summed E-state index contributed by atoms with van der Waals surface area (Å²) in [6, 6.07) is 21.8. The number of ketones is 1. The van der Waals surface area contributed by atoms with Crippen LogP contribution >= 0.6 is 23.2 Å². The minimum absolute atomic E-state index is 0.191. The van der Waals surface area contributed by atoms with Gasteiger partial charge in [0.15, 0.2) is 5.78 Å². The van der Waals surface area contributed by atoms with E-state index >= 15 is 0 Å². The van der Waals surface area contributed by atoms with Crippen molar-refractivity contribution < 1.29 is 34.5 Å². The SMILES string of the molecule is Cc1c(N[C@@H](C(=O)CNC(=O)c2ccc3[nH]ccc3c2)[C@H](C)O)ccc(C#N)c1Cl.NNC(=O)c1ccc2[nH]ccc2c1.[C-]#[N+]c1ccc(C[C@@H](C(=O)O)[C@H](C)O)c(C)c1Cl. The van der Waals surface area contributed by atoms with Crippen molar-refractivity contribution in [3.8, 4) is 6.07 Å². The largest absolute Gasteiger partial charge is 0.481 e. The molecule has 10 N–H and O–H groups in total. The molecule has 0 bridgehead atoms. The number of hydrazine groups is 1. The number of nitrogens with two attached hydrogens (primary N) is 1. The van der Waals surface area contributed by atoms with E-state index in [0.29, 0.717) is 44.2 Å². The van der Waals surface area contributed by atoms with Gasteiger partial charge in [-0.15, -0.1) is 0 Å². The number of nitriles is 1. The Hall–Kier alpha value is -6.72. The number of nitrogen functional groups attached to an aromatic ring is 1. The van der Waals surface area contributed by atoms with Crippen molar-refractivity contribution in [1.29, 1.82) is 5.26 Å². The second-order valence-corrected chi connectivity index (χ2v) is 14.7. The normalized spacial score (nSPS) is 12.5. The zero-order valence-electron chi connectivity index (χ0n) is 33.5. The summed E-state index contributed by atoms with van der Waals surface area (Å²) in [5.41, 5.74) is 8.24. The number of rotatable bonds is 12. The first kappa shape index (κ1) is 47.0. The lowest BCUT2D eigenvalue weighted by Gasteiger charge is -2.23. The van der Waals surface area contributed by atoms with E-state index in [4.69, 9.17) is 46.0 Å². The summed E-state index contributed by atoms with van der Waals surface area (Å²) >= 11 is 12.2. The van der Waals surface area contributed by atoms with Gasteiger partial charge in [0.05, 0.1) is 46.9 Å². The van der Waals surface area contributed by atoms with Crippen LogP contribution in [0.3, 0.4) is 0 Å². The van der Waals surface area contributed by atoms with Gasteiger partial charge in [0, 0.05) is 51.0 Å². The van der Waals surface area contributed by atoms with E-state index in [2.05, 4.69) is 30.9 Å². The van der Waals surface area contributed by atoms with Crippen LogP contribution in [0.15, 0.2) is 85.2 Å². The first-order chi connectivity index (χ1) is 29.0. The van der Waals surface area contributed by atoms with Crippen LogP contribution in [0.25, 0.3) is 26.7 Å². The molecule has 0 aliphatic rings. The number of amides is 2. The number of aliphatic carboxylic acids is 1. The number of nitrogens with one attached hydrogen (secondary N) is 5. The van der Waals surface area contributed by atoms with Crippen LogP contribution < -0.4 is 21.9 Å². The van der Waals surface area contributed by atoms with Crippen LogP contribution in [0.5, 0.6) is 0 Å². The first-order valence-electron chi connectivity index (χ1n) is 18.7. The van der Waals surface area contributed by atoms with Gasteiger partial charge in [-0.1, -0.05) is 35.3 Å². The molecule has 6 rings (SSSR count). The second kappa shape index (κ2) is 21.5. The third-order valence-electron chi connectivity index (χ3n) is 9.77. The molecule has 0 saturated carbocycles. The van der Waals surface area contributed by atoms with E-state index in [0.717, 1.165) is 27.4 Å². The summed E-state index contributed by atoms with van der Waals surface area (Å²) in [4.78, 5) is 56.6. The van der Waals surface area contributed by atoms with Gasteiger partial charge in [-0.3, -0.25) is 24.6 Å². The maximum Gasteiger partial charge on any atom is 0.309 e. The highest BCUT2D eigenvalue weighted by Gasteiger charge is 2.26. The average molecular weight is 868 g/mol. The number of carboxylic acid groups (broad SMARTS) is 1. The third kappa shape index (κ3) is 11.9. The summed E-state index contributed by atoms with van der Waals surface area (Å²) in [7, 11) is 0. The smallest absolute Gasteiger partial charge is 0.309 e. The molecule has 0 aliphatic carbocycles. The Kier molecular flexibility index (Phi) is 16.6. The number of benzene rings is 4. The number of nitrogens with zero attached hydrogens (tertiary/aromatic N) is 2. The topological polar surface area (TPSA) is 251 Å². The molecule has 4 aromatic carbocycles. The van der Waals surface area contributed by atoms with Gasteiger partial charge in [-0.25, -0.2) is 10.7 Å². The molecule has 17 heteroatoms. The van der Waals surface area contributed by atoms with E-state index in [9.17, 15) is 29.4 Å². The average Bonchev–Trinajstić information content (AvgIpc) is 3.93. The highest BCUT2D eigenvalue weighted by molar-refractivity contribution is 6.34. The Morgan fingerprint density at radius 2 is 1.43 bits per heavy atom. The van der Waals surface area contributed by atoms with Crippen molar-refractivity contribution in [1.82, 2.24) is 20.7 Å². The lowest BCUT2D eigenvalue weighted by Crippen LogP contribution is -2.45. The number of carbonyl (C=O) groups excluding carboxylic acids is 3. The predicted octanol–water partition coefficient (Wildman–Crippen LogP) is 6.76. The molecule has 6 aromatic rings. The van der Waals surface area contributed by atoms with E-state index in [1.807, 2.05) is 30.5 Å². The van der Waals surface area contributed by atoms with Gasteiger partial charge in [0.1, 0.15) is 12.1 Å². The Balaban J connectivity index is 0.000000223. The third-order valence-corrected chi connectivity index (χ3v) is 10.7. The van der Waals surface area contributed by atoms with Gasteiger partial charge in [0.25, 0.3) is 11.8 Å². The lowest BCUT2D eigenvalue weighted by molar-refractivity contribution is -0.145. The van der Waals surface area contributed by atoms with Crippen molar-refractivity contribution in [2.75, 3.05) is 11.9 Å². The number of halogens is 2. The van der Waals surface area contributed by atoms with Gasteiger partial charge in [-0.05, 0) is 111 Å². The number of carboxylic acids is 1. The molecule has 0 unspecified atom stereocenters. The minimum atomic E-state index is -1.05. The fraction of sp³-hybridized carbons (Fsp3) is 0.227. The van der Waals surface area contributed by atoms with Crippen LogP contribution in [0.2, 0.25) is 10.0 Å². The number of aromatic amines is 2.